The molecule has 102 valence electrons. The zero-order chi connectivity index (χ0) is 13.6. The Kier molecular flexibility index (Phi) is 5.34. The molecule has 0 radical (unpaired) electrons. The first-order valence-corrected chi connectivity index (χ1v) is 6.46. The van der Waals surface area contributed by atoms with Gasteiger partial charge in [-0.15, -0.1) is 0 Å². The fourth-order valence-corrected chi connectivity index (χ4v) is 1.60. The molecule has 5 nitrogen and oxygen atoms in total. The van der Waals surface area contributed by atoms with Crippen molar-refractivity contribution in [3.63, 3.8) is 0 Å². The lowest BCUT2D eigenvalue weighted by atomic mass is 9.95. The highest BCUT2D eigenvalue weighted by molar-refractivity contribution is 5.57. The molecule has 0 atom stereocenters. The van der Waals surface area contributed by atoms with Gasteiger partial charge in [-0.25, -0.2) is 9.97 Å². The van der Waals surface area contributed by atoms with Crippen molar-refractivity contribution in [2.24, 2.45) is 5.41 Å². The Labute approximate surface area is 109 Å². The Morgan fingerprint density at radius 2 is 1.78 bits per heavy atom. The zero-order valence-electron chi connectivity index (χ0n) is 11.7. The van der Waals surface area contributed by atoms with E-state index in [1.807, 2.05) is 20.8 Å². The highest BCUT2D eigenvalue weighted by atomic mass is 16.3. The topological polar surface area (TPSA) is 70.1 Å². The maximum atomic E-state index is 9.25. The number of nitrogens with one attached hydrogen (secondary N) is 2. The largest absolute Gasteiger partial charge is 0.396 e. The molecule has 0 amide bonds. The number of aliphatic hydroxyl groups excluding tert-OH is 1. The van der Waals surface area contributed by atoms with Crippen LogP contribution in [-0.2, 0) is 6.42 Å². The summed E-state index contributed by atoms with van der Waals surface area (Å²) in [6, 6.07) is 0. The second kappa shape index (κ2) is 6.54. The molecule has 0 unspecified atom stereocenters. The van der Waals surface area contributed by atoms with Crippen molar-refractivity contribution in [2.75, 3.05) is 30.3 Å². The second-order valence-corrected chi connectivity index (χ2v) is 5.11. The van der Waals surface area contributed by atoms with Crippen LogP contribution in [0.15, 0.2) is 6.33 Å². The van der Waals surface area contributed by atoms with Gasteiger partial charge in [0.2, 0.25) is 0 Å². The van der Waals surface area contributed by atoms with Crippen molar-refractivity contribution < 1.29 is 5.11 Å². The van der Waals surface area contributed by atoms with Crippen molar-refractivity contribution in [2.45, 2.75) is 34.1 Å². The first kappa shape index (κ1) is 14.7. The lowest BCUT2D eigenvalue weighted by molar-refractivity contribution is 0.170. The van der Waals surface area contributed by atoms with Gasteiger partial charge >= 0.3 is 0 Å². The minimum atomic E-state index is -0.158. The number of aromatic nitrogens is 2. The summed E-state index contributed by atoms with van der Waals surface area (Å²) < 4.78 is 0. The molecule has 1 heterocycles. The van der Waals surface area contributed by atoms with Gasteiger partial charge in [0.05, 0.1) is 0 Å². The van der Waals surface area contributed by atoms with E-state index < -0.39 is 0 Å². The molecule has 0 bridgehead atoms. The SMILES string of the molecule is CCNc1ncnc(NCC(C)(C)CO)c1CC. The van der Waals surface area contributed by atoms with Gasteiger partial charge in [0, 0.05) is 30.7 Å². The number of hydrogen-bond acceptors (Lipinski definition) is 5. The van der Waals surface area contributed by atoms with Gasteiger partial charge in [-0.05, 0) is 13.3 Å². The van der Waals surface area contributed by atoms with Gasteiger partial charge in [-0.3, -0.25) is 0 Å². The molecule has 3 N–H and O–H groups in total. The maximum Gasteiger partial charge on any atom is 0.134 e. The minimum Gasteiger partial charge on any atom is -0.396 e. The van der Waals surface area contributed by atoms with Crippen molar-refractivity contribution >= 4 is 11.6 Å². The van der Waals surface area contributed by atoms with Crippen molar-refractivity contribution in [3.05, 3.63) is 11.9 Å². The van der Waals surface area contributed by atoms with Gasteiger partial charge < -0.3 is 15.7 Å². The molecule has 1 rings (SSSR count). The third-order valence-electron chi connectivity index (χ3n) is 2.81. The minimum absolute atomic E-state index is 0.145. The average Bonchev–Trinajstić information content (AvgIpc) is 2.37. The Bertz CT molecular complexity index is 379. The van der Waals surface area contributed by atoms with E-state index >= 15 is 0 Å². The van der Waals surface area contributed by atoms with Gasteiger partial charge in [0.25, 0.3) is 0 Å². The Balaban J connectivity index is 2.85. The van der Waals surface area contributed by atoms with E-state index in [-0.39, 0.29) is 12.0 Å². The van der Waals surface area contributed by atoms with Crippen LogP contribution in [0.3, 0.4) is 0 Å². The van der Waals surface area contributed by atoms with E-state index in [2.05, 4.69) is 27.5 Å². The van der Waals surface area contributed by atoms with Crippen LogP contribution in [-0.4, -0.2) is 34.8 Å². The van der Waals surface area contributed by atoms with E-state index in [4.69, 9.17) is 0 Å². The highest BCUT2D eigenvalue weighted by Crippen LogP contribution is 2.22. The van der Waals surface area contributed by atoms with E-state index in [9.17, 15) is 5.11 Å². The van der Waals surface area contributed by atoms with E-state index in [1.165, 1.54) is 0 Å². The lowest BCUT2D eigenvalue weighted by Crippen LogP contribution is -2.27. The van der Waals surface area contributed by atoms with E-state index in [1.54, 1.807) is 6.33 Å². The van der Waals surface area contributed by atoms with Crippen LogP contribution in [0.2, 0.25) is 0 Å². The highest BCUT2D eigenvalue weighted by Gasteiger charge is 2.17. The average molecular weight is 252 g/mol. The summed E-state index contributed by atoms with van der Waals surface area (Å²) in [6.07, 6.45) is 2.43. The smallest absolute Gasteiger partial charge is 0.134 e. The molecular formula is C13H24N4O. The number of aliphatic hydroxyl groups is 1. The van der Waals surface area contributed by atoms with Gasteiger partial charge in [-0.2, -0.15) is 0 Å². The van der Waals surface area contributed by atoms with Crippen molar-refractivity contribution in [1.82, 2.24) is 9.97 Å². The molecule has 0 saturated carbocycles. The van der Waals surface area contributed by atoms with Crippen LogP contribution in [0.5, 0.6) is 0 Å². The van der Waals surface area contributed by atoms with Crippen LogP contribution in [0.4, 0.5) is 11.6 Å². The standard InChI is InChI=1S/C13H24N4O/c1-5-10-11(14-6-2)16-9-17-12(10)15-7-13(3,4)8-18/h9,18H,5-8H2,1-4H3,(H2,14,15,16,17). The van der Waals surface area contributed by atoms with Crippen LogP contribution in [0, 0.1) is 5.41 Å². The normalized spacial score (nSPS) is 11.4. The molecule has 0 aromatic carbocycles. The molecule has 0 spiro atoms. The number of rotatable bonds is 7. The predicted octanol–water partition coefficient (Wildman–Crippen LogP) is 1.90. The summed E-state index contributed by atoms with van der Waals surface area (Å²) >= 11 is 0. The molecule has 0 aliphatic carbocycles. The molecule has 0 aliphatic rings. The number of anilines is 2. The monoisotopic (exact) mass is 252 g/mol. The molecule has 18 heavy (non-hydrogen) atoms. The summed E-state index contributed by atoms with van der Waals surface area (Å²) in [5.41, 5.74) is 0.932. The Morgan fingerprint density at radius 3 is 2.28 bits per heavy atom. The third-order valence-corrected chi connectivity index (χ3v) is 2.81. The van der Waals surface area contributed by atoms with Crippen LogP contribution < -0.4 is 10.6 Å². The first-order chi connectivity index (χ1) is 8.54. The number of nitrogens with zero attached hydrogens (tertiary/aromatic N) is 2. The molecule has 0 fully saturated rings. The summed E-state index contributed by atoms with van der Waals surface area (Å²) in [4.78, 5) is 8.54. The quantitative estimate of drug-likeness (QED) is 0.691. The van der Waals surface area contributed by atoms with Crippen molar-refractivity contribution in [1.29, 1.82) is 0 Å². The lowest BCUT2D eigenvalue weighted by Gasteiger charge is -2.23. The molecular weight excluding hydrogens is 228 g/mol. The summed E-state index contributed by atoms with van der Waals surface area (Å²) in [7, 11) is 0. The van der Waals surface area contributed by atoms with Crippen molar-refractivity contribution in [3.8, 4) is 0 Å². The summed E-state index contributed by atoms with van der Waals surface area (Å²) in [5, 5.41) is 15.8. The van der Waals surface area contributed by atoms with Gasteiger partial charge in [0.15, 0.2) is 0 Å². The first-order valence-electron chi connectivity index (χ1n) is 6.46. The summed E-state index contributed by atoms with van der Waals surface area (Å²) in [5.74, 6) is 1.74. The van der Waals surface area contributed by atoms with Gasteiger partial charge in [-0.1, -0.05) is 20.8 Å². The second-order valence-electron chi connectivity index (χ2n) is 5.11. The number of hydrogen-bond donors (Lipinski definition) is 3. The molecule has 1 aromatic rings. The Hall–Kier alpha value is -1.36. The van der Waals surface area contributed by atoms with E-state index in [0.29, 0.717) is 6.54 Å². The molecule has 0 saturated heterocycles. The molecule has 5 heteroatoms. The fraction of sp³-hybridized carbons (Fsp3) is 0.692. The molecule has 1 aromatic heterocycles. The summed E-state index contributed by atoms with van der Waals surface area (Å²) in [6.45, 7) is 9.82. The zero-order valence-corrected chi connectivity index (χ0v) is 11.7. The predicted molar refractivity (Wildman–Crippen MR) is 74.9 cm³/mol. The Morgan fingerprint density at radius 1 is 1.17 bits per heavy atom. The van der Waals surface area contributed by atoms with E-state index in [0.717, 1.165) is 30.2 Å². The fourth-order valence-electron chi connectivity index (χ4n) is 1.60. The van der Waals surface area contributed by atoms with Crippen LogP contribution >= 0.6 is 0 Å². The van der Waals surface area contributed by atoms with Crippen LogP contribution in [0.25, 0.3) is 0 Å². The van der Waals surface area contributed by atoms with Gasteiger partial charge in [0.1, 0.15) is 18.0 Å². The molecule has 0 aliphatic heterocycles. The van der Waals surface area contributed by atoms with Crippen LogP contribution in [0.1, 0.15) is 33.3 Å². The maximum absolute atomic E-state index is 9.25. The third kappa shape index (κ3) is 3.84.